The first-order valence-electron chi connectivity index (χ1n) is 4.93. The van der Waals surface area contributed by atoms with Crippen molar-refractivity contribution in [3.05, 3.63) is 42.1 Å². The van der Waals surface area contributed by atoms with Crippen molar-refractivity contribution in [3.63, 3.8) is 0 Å². The lowest BCUT2D eigenvalue weighted by Crippen LogP contribution is -2.33. The number of nitrogens with zero attached hydrogens (tertiary/aromatic N) is 2. The van der Waals surface area contributed by atoms with E-state index in [2.05, 4.69) is 35.3 Å². The van der Waals surface area contributed by atoms with E-state index in [4.69, 9.17) is 5.84 Å². The zero-order valence-electron chi connectivity index (χ0n) is 8.22. The second-order valence-corrected chi connectivity index (χ2v) is 3.63. The number of fused-ring (bicyclic) bond motifs is 3. The van der Waals surface area contributed by atoms with Crippen LogP contribution in [0, 0.1) is 0 Å². The largest absolute Gasteiger partial charge is 0.304 e. The van der Waals surface area contributed by atoms with E-state index in [1.54, 1.807) is 11.2 Å². The molecule has 2 N–H and O–H groups in total. The van der Waals surface area contributed by atoms with Crippen molar-refractivity contribution in [2.24, 2.45) is 5.84 Å². The number of rotatable bonds is 0. The Labute approximate surface area is 87.8 Å². The molecular weight excluding hydrogens is 186 g/mol. The Hall–Kier alpha value is -1.87. The summed E-state index contributed by atoms with van der Waals surface area (Å²) < 4.78 is 0. The number of nitrogens with two attached hydrogens (primary N) is 1. The Morgan fingerprint density at radius 2 is 2.20 bits per heavy atom. The van der Waals surface area contributed by atoms with Crippen LogP contribution in [-0.2, 0) is 0 Å². The van der Waals surface area contributed by atoms with E-state index in [1.807, 2.05) is 6.07 Å². The van der Waals surface area contributed by atoms with Crippen LogP contribution in [0.25, 0.3) is 17.0 Å². The van der Waals surface area contributed by atoms with Gasteiger partial charge in [0.25, 0.3) is 0 Å². The molecule has 1 aromatic carbocycles. The molecular formula is C12H11N3. The van der Waals surface area contributed by atoms with Gasteiger partial charge in [0.1, 0.15) is 0 Å². The zero-order chi connectivity index (χ0) is 10.3. The molecule has 0 spiro atoms. The Bertz CT molecular complexity index is 546. The van der Waals surface area contributed by atoms with Gasteiger partial charge in [-0.1, -0.05) is 30.4 Å². The van der Waals surface area contributed by atoms with E-state index in [-0.39, 0.29) is 0 Å². The summed E-state index contributed by atoms with van der Waals surface area (Å²) in [6, 6.07) is 8.14. The van der Waals surface area contributed by atoms with E-state index in [9.17, 15) is 0 Å². The van der Waals surface area contributed by atoms with Gasteiger partial charge in [-0.25, -0.2) is 5.84 Å². The van der Waals surface area contributed by atoms with E-state index in [0.717, 1.165) is 28.7 Å². The summed E-state index contributed by atoms with van der Waals surface area (Å²) in [6.07, 6.45) is 5.94. The summed E-state index contributed by atoms with van der Waals surface area (Å²) in [4.78, 5) is 4.39. The van der Waals surface area contributed by atoms with Gasteiger partial charge in [0.05, 0.1) is 17.7 Å². The summed E-state index contributed by atoms with van der Waals surface area (Å²) in [5.74, 6) is 5.95. The molecule has 3 nitrogen and oxygen atoms in total. The lowest BCUT2D eigenvalue weighted by atomic mass is 10.1. The molecule has 2 aromatic rings. The van der Waals surface area contributed by atoms with Crippen LogP contribution in [0.4, 0.5) is 5.69 Å². The highest BCUT2D eigenvalue weighted by molar-refractivity contribution is 5.96. The molecule has 3 rings (SSSR count). The van der Waals surface area contributed by atoms with E-state index < -0.39 is 0 Å². The number of anilines is 1. The molecule has 3 heteroatoms. The van der Waals surface area contributed by atoms with Crippen LogP contribution >= 0.6 is 0 Å². The molecule has 0 radical (unpaired) electrons. The molecule has 0 saturated heterocycles. The molecule has 0 bridgehead atoms. The summed E-state index contributed by atoms with van der Waals surface area (Å²) in [6.45, 7) is 0.739. The SMILES string of the molecule is NN1CC=Cc2ccc3cccnc3c21. The minimum absolute atomic E-state index is 0.739. The standard InChI is InChI=1S/C12H11N3/c13-15-8-2-4-10-6-5-9-3-1-7-14-11(9)12(10)15/h1-7H,8,13H2. The predicted octanol–water partition coefficient (Wildman–Crippen LogP) is 1.94. The van der Waals surface area contributed by atoms with Crippen molar-refractivity contribution in [3.8, 4) is 0 Å². The molecule has 2 heterocycles. The maximum absolute atomic E-state index is 5.95. The third-order valence-electron chi connectivity index (χ3n) is 2.67. The van der Waals surface area contributed by atoms with Crippen molar-refractivity contribution < 1.29 is 0 Å². The highest BCUT2D eigenvalue weighted by atomic mass is 15.4. The minimum Gasteiger partial charge on any atom is -0.304 e. The highest BCUT2D eigenvalue weighted by Crippen LogP contribution is 2.30. The van der Waals surface area contributed by atoms with Gasteiger partial charge in [-0.05, 0) is 6.07 Å². The first-order chi connectivity index (χ1) is 7.36. The molecule has 1 aliphatic heterocycles. The fourth-order valence-electron chi connectivity index (χ4n) is 1.97. The van der Waals surface area contributed by atoms with Crippen LogP contribution in [0.5, 0.6) is 0 Å². The van der Waals surface area contributed by atoms with Crippen molar-refractivity contribution in [2.75, 3.05) is 11.6 Å². The van der Waals surface area contributed by atoms with Gasteiger partial charge in [-0.2, -0.15) is 0 Å². The monoisotopic (exact) mass is 197 g/mol. The first kappa shape index (κ1) is 8.44. The zero-order valence-corrected chi connectivity index (χ0v) is 8.22. The van der Waals surface area contributed by atoms with E-state index in [1.165, 1.54) is 0 Å². The number of aromatic nitrogens is 1. The molecule has 74 valence electrons. The lowest BCUT2D eigenvalue weighted by Gasteiger charge is -2.23. The number of hydrogen-bond acceptors (Lipinski definition) is 3. The first-order valence-corrected chi connectivity index (χ1v) is 4.93. The van der Waals surface area contributed by atoms with E-state index >= 15 is 0 Å². The summed E-state index contributed by atoms with van der Waals surface area (Å²) in [5, 5.41) is 2.87. The highest BCUT2D eigenvalue weighted by Gasteiger charge is 2.13. The molecule has 0 atom stereocenters. The van der Waals surface area contributed by atoms with Crippen LogP contribution in [0.1, 0.15) is 5.56 Å². The van der Waals surface area contributed by atoms with Gasteiger partial charge in [0.2, 0.25) is 0 Å². The fourth-order valence-corrected chi connectivity index (χ4v) is 1.97. The van der Waals surface area contributed by atoms with Gasteiger partial charge >= 0.3 is 0 Å². The van der Waals surface area contributed by atoms with Crippen LogP contribution in [-0.4, -0.2) is 11.5 Å². The molecule has 0 unspecified atom stereocenters. The van der Waals surface area contributed by atoms with Crippen molar-refractivity contribution in [2.45, 2.75) is 0 Å². The normalized spacial score (nSPS) is 14.3. The average molecular weight is 197 g/mol. The summed E-state index contributed by atoms with van der Waals surface area (Å²) in [5.41, 5.74) is 3.13. The number of benzene rings is 1. The van der Waals surface area contributed by atoms with Crippen LogP contribution in [0.2, 0.25) is 0 Å². The molecule has 1 aliphatic rings. The van der Waals surface area contributed by atoms with Gasteiger partial charge in [0, 0.05) is 17.1 Å². The molecule has 1 aromatic heterocycles. The average Bonchev–Trinajstić information content (AvgIpc) is 2.29. The minimum atomic E-state index is 0.739. The fraction of sp³-hybridized carbons (Fsp3) is 0.0833. The maximum Gasteiger partial charge on any atom is 0.0955 e. The van der Waals surface area contributed by atoms with Crippen LogP contribution in [0.3, 0.4) is 0 Å². The Balaban J connectivity index is 2.41. The maximum atomic E-state index is 5.95. The quantitative estimate of drug-likeness (QED) is 0.656. The summed E-state index contributed by atoms with van der Waals surface area (Å²) >= 11 is 0. The van der Waals surface area contributed by atoms with E-state index in [0.29, 0.717) is 0 Å². The van der Waals surface area contributed by atoms with Gasteiger partial charge in [-0.15, -0.1) is 0 Å². The number of hydrazine groups is 1. The van der Waals surface area contributed by atoms with Gasteiger partial charge < -0.3 is 5.01 Å². The third kappa shape index (κ3) is 1.21. The number of hydrogen-bond donors (Lipinski definition) is 1. The summed E-state index contributed by atoms with van der Waals surface area (Å²) in [7, 11) is 0. The second-order valence-electron chi connectivity index (χ2n) is 3.63. The molecule has 0 saturated carbocycles. The molecule has 0 fully saturated rings. The van der Waals surface area contributed by atoms with Crippen molar-refractivity contribution in [1.29, 1.82) is 0 Å². The van der Waals surface area contributed by atoms with Crippen LogP contribution < -0.4 is 10.9 Å². The number of pyridine rings is 1. The van der Waals surface area contributed by atoms with Crippen molar-refractivity contribution in [1.82, 2.24) is 4.98 Å². The van der Waals surface area contributed by atoms with Crippen LogP contribution in [0.15, 0.2) is 36.5 Å². The predicted molar refractivity (Wildman–Crippen MR) is 62.3 cm³/mol. The third-order valence-corrected chi connectivity index (χ3v) is 2.67. The topological polar surface area (TPSA) is 42.1 Å². The Morgan fingerprint density at radius 3 is 3.13 bits per heavy atom. The molecule has 0 amide bonds. The van der Waals surface area contributed by atoms with Gasteiger partial charge in [-0.3, -0.25) is 4.98 Å². The smallest absolute Gasteiger partial charge is 0.0955 e. The van der Waals surface area contributed by atoms with Gasteiger partial charge in [0.15, 0.2) is 0 Å². The molecule has 15 heavy (non-hydrogen) atoms. The molecule has 0 aliphatic carbocycles. The second kappa shape index (κ2) is 3.07. The lowest BCUT2D eigenvalue weighted by molar-refractivity contribution is 0.935. The van der Waals surface area contributed by atoms with Crippen molar-refractivity contribution >= 4 is 22.7 Å². The Morgan fingerprint density at radius 1 is 1.27 bits per heavy atom. The Kier molecular flexibility index (Phi) is 1.73.